The van der Waals surface area contributed by atoms with E-state index in [0.29, 0.717) is 22.0 Å². The van der Waals surface area contributed by atoms with Gasteiger partial charge in [-0.15, -0.1) is 0 Å². The van der Waals surface area contributed by atoms with Gasteiger partial charge in [-0.3, -0.25) is 9.10 Å². The Bertz CT molecular complexity index is 1700. The van der Waals surface area contributed by atoms with Crippen molar-refractivity contribution < 1.29 is 36.4 Å². The van der Waals surface area contributed by atoms with Crippen LogP contribution < -0.4 is 19.8 Å². The molecule has 1 aromatic heterocycles. The fraction of sp³-hybridized carbons (Fsp3) is 0.250. The molecule has 0 saturated carbocycles. The predicted octanol–water partition coefficient (Wildman–Crippen LogP) is 3.57. The molecule has 4 aromatic rings. The zero-order valence-corrected chi connectivity index (χ0v) is 23.2. The minimum Gasteiger partial charge on any atom is -0.489 e. The predicted molar refractivity (Wildman–Crippen MR) is 151 cm³/mol. The molecule has 0 fully saturated rings. The number of nitrogens with zero attached hydrogens (tertiary/aromatic N) is 1. The van der Waals surface area contributed by atoms with Gasteiger partial charge in [0.2, 0.25) is 10.0 Å². The van der Waals surface area contributed by atoms with Crippen LogP contribution in [0.4, 0.5) is 10.1 Å². The highest BCUT2D eigenvalue weighted by atomic mass is 32.2. The van der Waals surface area contributed by atoms with Gasteiger partial charge in [0.05, 0.1) is 36.8 Å². The molecule has 9 nitrogen and oxygen atoms in total. The summed E-state index contributed by atoms with van der Waals surface area (Å²) in [7, 11) is -3.46. The van der Waals surface area contributed by atoms with Crippen LogP contribution in [-0.2, 0) is 27.8 Å². The number of anilines is 1. The van der Waals surface area contributed by atoms with Crippen molar-refractivity contribution in [3.63, 3.8) is 0 Å². The Labute approximate surface area is 231 Å². The molecule has 40 heavy (non-hydrogen) atoms. The molecular formula is C28H28BFN2O7S. The van der Waals surface area contributed by atoms with Gasteiger partial charge in [0.15, 0.2) is 0 Å². The third-order valence-electron chi connectivity index (χ3n) is 6.64. The number of hydrogen-bond acceptors (Lipinski definition) is 7. The van der Waals surface area contributed by atoms with Crippen molar-refractivity contribution in [1.82, 2.24) is 5.32 Å². The smallest absolute Gasteiger partial charge is 0.489 e. The normalized spacial score (nSPS) is 13.1. The van der Waals surface area contributed by atoms with E-state index < -0.39 is 28.9 Å². The molecule has 1 aliphatic heterocycles. The fourth-order valence-corrected chi connectivity index (χ4v) is 5.68. The van der Waals surface area contributed by atoms with Crippen LogP contribution in [-0.4, -0.2) is 45.9 Å². The van der Waals surface area contributed by atoms with Gasteiger partial charge >= 0.3 is 7.12 Å². The van der Waals surface area contributed by atoms with Gasteiger partial charge in [0, 0.05) is 24.1 Å². The number of halogens is 1. The van der Waals surface area contributed by atoms with Crippen molar-refractivity contribution in [1.29, 1.82) is 0 Å². The SMILES string of the molecule is CNC(=O)c1c(-c2ccc(F)cc2)oc2cc(N(Cc3cccc4c3COB4O)S(C)(=O)=O)c(OC(C)C)cc12. The lowest BCUT2D eigenvalue weighted by Crippen LogP contribution is -2.32. The van der Waals surface area contributed by atoms with Gasteiger partial charge in [-0.1, -0.05) is 18.2 Å². The van der Waals surface area contributed by atoms with Gasteiger partial charge in [-0.2, -0.15) is 0 Å². The number of rotatable bonds is 8. The van der Waals surface area contributed by atoms with Crippen molar-refractivity contribution in [2.75, 3.05) is 17.6 Å². The van der Waals surface area contributed by atoms with Crippen molar-refractivity contribution >= 4 is 45.2 Å². The molecule has 5 rings (SSSR count). The van der Waals surface area contributed by atoms with Gasteiger partial charge in [-0.25, -0.2) is 12.8 Å². The first-order valence-corrected chi connectivity index (χ1v) is 14.5. The van der Waals surface area contributed by atoms with E-state index in [1.54, 1.807) is 38.1 Å². The van der Waals surface area contributed by atoms with Crippen molar-refractivity contribution in [3.8, 4) is 17.1 Å². The summed E-state index contributed by atoms with van der Waals surface area (Å²) in [6.45, 7) is 3.69. The minimum atomic E-state index is -3.87. The first kappa shape index (κ1) is 27.7. The Kier molecular flexibility index (Phi) is 7.34. The lowest BCUT2D eigenvalue weighted by Gasteiger charge is -2.26. The number of sulfonamides is 1. The maximum Gasteiger partial charge on any atom is 0.491 e. The molecule has 0 radical (unpaired) electrons. The first-order valence-electron chi connectivity index (χ1n) is 12.6. The number of nitrogens with one attached hydrogen (secondary N) is 1. The van der Waals surface area contributed by atoms with Crippen LogP contribution in [0.15, 0.2) is 59.0 Å². The zero-order valence-electron chi connectivity index (χ0n) is 22.4. The minimum absolute atomic E-state index is 0.0636. The number of carbonyl (C=O) groups is 1. The molecule has 1 aliphatic rings. The molecular weight excluding hydrogens is 538 g/mol. The number of benzene rings is 3. The molecule has 0 saturated heterocycles. The molecule has 2 N–H and O–H groups in total. The Morgan fingerprint density at radius 1 is 1.20 bits per heavy atom. The quantitative estimate of drug-likeness (QED) is 0.313. The summed E-state index contributed by atoms with van der Waals surface area (Å²) < 4.78 is 58.8. The van der Waals surface area contributed by atoms with E-state index in [0.717, 1.165) is 11.8 Å². The van der Waals surface area contributed by atoms with Crippen LogP contribution in [0.1, 0.15) is 35.3 Å². The monoisotopic (exact) mass is 566 g/mol. The third-order valence-corrected chi connectivity index (χ3v) is 7.76. The number of hydrogen-bond donors (Lipinski definition) is 2. The number of ether oxygens (including phenoxy) is 1. The van der Waals surface area contributed by atoms with Crippen molar-refractivity contribution in [2.24, 2.45) is 0 Å². The molecule has 0 spiro atoms. The molecule has 2 heterocycles. The summed E-state index contributed by atoms with van der Waals surface area (Å²) in [5.41, 5.74) is 3.11. The molecule has 0 bridgehead atoms. The van der Waals surface area contributed by atoms with E-state index in [1.807, 2.05) is 0 Å². The lowest BCUT2D eigenvalue weighted by atomic mass is 9.78. The number of carbonyl (C=O) groups excluding carboxylic acids is 1. The lowest BCUT2D eigenvalue weighted by molar-refractivity contribution is 0.0964. The average Bonchev–Trinajstić information content (AvgIpc) is 3.46. The summed E-state index contributed by atoms with van der Waals surface area (Å²) in [4.78, 5) is 13.0. The topological polar surface area (TPSA) is 118 Å². The van der Waals surface area contributed by atoms with Crippen LogP contribution in [0.3, 0.4) is 0 Å². The van der Waals surface area contributed by atoms with E-state index in [-0.39, 0.29) is 47.6 Å². The Balaban J connectivity index is 1.72. The molecule has 3 aromatic carbocycles. The van der Waals surface area contributed by atoms with E-state index >= 15 is 0 Å². The van der Waals surface area contributed by atoms with Crippen LogP contribution >= 0.6 is 0 Å². The van der Waals surface area contributed by atoms with Crippen LogP contribution in [0, 0.1) is 5.82 Å². The van der Waals surface area contributed by atoms with Gasteiger partial charge in [0.1, 0.15) is 22.9 Å². The largest absolute Gasteiger partial charge is 0.491 e. The summed E-state index contributed by atoms with van der Waals surface area (Å²) in [6.07, 6.45) is 0.765. The Morgan fingerprint density at radius 2 is 1.93 bits per heavy atom. The second-order valence-corrected chi connectivity index (χ2v) is 11.7. The molecule has 1 amide bonds. The number of fused-ring (bicyclic) bond motifs is 2. The fourth-order valence-electron chi connectivity index (χ4n) is 4.81. The highest BCUT2D eigenvalue weighted by Crippen LogP contribution is 2.42. The van der Waals surface area contributed by atoms with Crippen molar-refractivity contribution in [2.45, 2.75) is 33.1 Å². The number of furan rings is 1. The highest BCUT2D eigenvalue weighted by molar-refractivity contribution is 7.92. The van der Waals surface area contributed by atoms with E-state index in [1.165, 1.54) is 41.7 Å². The second-order valence-electron chi connectivity index (χ2n) is 9.79. The maximum atomic E-state index is 13.6. The zero-order chi connectivity index (χ0) is 28.8. The molecule has 0 atom stereocenters. The first-order chi connectivity index (χ1) is 19.0. The average molecular weight is 566 g/mol. The molecule has 0 aliphatic carbocycles. The maximum absolute atomic E-state index is 13.6. The summed E-state index contributed by atoms with van der Waals surface area (Å²) in [6, 6.07) is 13.9. The van der Waals surface area contributed by atoms with Crippen LogP contribution in [0.2, 0.25) is 0 Å². The standard InChI is InChI=1S/C28H28BFN2O7S/c1-16(2)38-25-12-20-24(39-27(26(20)28(33)31-3)17-8-10-19(30)11-9-17)13-23(25)32(40(4,35)36)14-18-6-5-7-22-21(18)15-37-29(22)34/h5-13,16,34H,14-15H2,1-4H3,(H,31,33). The van der Waals surface area contributed by atoms with Crippen LogP contribution in [0.25, 0.3) is 22.3 Å². The summed E-state index contributed by atoms with van der Waals surface area (Å²) >= 11 is 0. The summed E-state index contributed by atoms with van der Waals surface area (Å²) in [5.74, 6) is -0.432. The van der Waals surface area contributed by atoms with E-state index in [9.17, 15) is 22.6 Å². The second kappa shape index (κ2) is 10.6. The third kappa shape index (κ3) is 5.17. The Hall–Kier alpha value is -3.87. The van der Waals surface area contributed by atoms with Crippen molar-refractivity contribution in [3.05, 3.63) is 77.1 Å². The number of amides is 1. The molecule has 208 valence electrons. The van der Waals surface area contributed by atoms with Gasteiger partial charge in [-0.05, 0) is 60.8 Å². The Morgan fingerprint density at radius 3 is 2.58 bits per heavy atom. The van der Waals surface area contributed by atoms with E-state index in [4.69, 9.17) is 13.8 Å². The summed E-state index contributed by atoms with van der Waals surface area (Å²) in [5, 5.41) is 13.2. The van der Waals surface area contributed by atoms with Crippen LogP contribution in [0.5, 0.6) is 5.75 Å². The molecule has 12 heteroatoms. The van der Waals surface area contributed by atoms with Gasteiger partial charge < -0.3 is 24.1 Å². The van der Waals surface area contributed by atoms with E-state index in [2.05, 4.69) is 5.32 Å². The molecule has 0 unspecified atom stereocenters. The van der Waals surface area contributed by atoms with Gasteiger partial charge in [0.25, 0.3) is 5.91 Å². The highest BCUT2D eigenvalue weighted by Gasteiger charge is 2.32.